The second-order valence-electron chi connectivity index (χ2n) is 4.17. The van der Waals surface area contributed by atoms with Gasteiger partial charge in [0.2, 0.25) is 0 Å². The first-order valence-electron chi connectivity index (χ1n) is 6.16. The number of benzene rings is 1. The van der Waals surface area contributed by atoms with Crippen LogP contribution in [-0.2, 0) is 6.42 Å². The molecule has 1 rings (SSSR count). The molecule has 1 unspecified atom stereocenters. The van der Waals surface area contributed by atoms with Gasteiger partial charge in [0.15, 0.2) is 0 Å². The molecule has 6 heteroatoms. The molecular formula is C13H18F2N2O2. The normalized spacial score (nSPS) is 12.0. The van der Waals surface area contributed by atoms with Crippen molar-refractivity contribution in [2.24, 2.45) is 0 Å². The van der Waals surface area contributed by atoms with Crippen LogP contribution in [0.5, 0.6) is 0 Å². The Kier molecular flexibility index (Phi) is 6.21. The summed E-state index contributed by atoms with van der Waals surface area (Å²) in [5, 5.41) is 14.0. The van der Waals surface area contributed by atoms with Gasteiger partial charge in [-0.3, -0.25) is 0 Å². The largest absolute Gasteiger partial charge is 0.394 e. The van der Waals surface area contributed by atoms with E-state index in [9.17, 15) is 13.6 Å². The van der Waals surface area contributed by atoms with Crippen LogP contribution in [0.2, 0.25) is 0 Å². The summed E-state index contributed by atoms with van der Waals surface area (Å²) in [7, 11) is 0. The molecule has 19 heavy (non-hydrogen) atoms. The lowest BCUT2D eigenvalue weighted by Crippen LogP contribution is -2.44. The van der Waals surface area contributed by atoms with E-state index in [1.54, 1.807) is 0 Å². The van der Waals surface area contributed by atoms with E-state index in [4.69, 9.17) is 5.11 Å². The van der Waals surface area contributed by atoms with Crippen molar-refractivity contribution >= 4 is 6.03 Å². The molecule has 0 aliphatic rings. The van der Waals surface area contributed by atoms with E-state index in [-0.39, 0.29) is 25.6 Å². The fourth-order valence-corrected chi connectivity index (χ4v) is 1.55. The maximum atomic E-state index is 13.3. The molecule has 0 spiro atoms. The summed E-state index contributed by atoms with van der Waals surface area (Å²) in [5.41, 5.74) is 0.343. The second kappa shape index (κ2) is 7.68. The first kappa shape index (κ1) is 15.4. The predicted octanol–water partition coefficient (Wildman–Crippen LogP) is 1.58. The van der Waals surface area contributed by atoms with Gasteiger partial charge in [-0.1, -0.05) is 13.0 Å². The van der Waals surface area contributed by atoms with E-state index in [1.807, 2.05) is 6.92 Å². The number of aliphatic hydroxyl groups is 1. The summed E-state index contributed by atoms with van der Waals surface area (Å²) in [6.07, 6.45) is 0.895. The van der Waals surface area contributed by atoms with E-state index in [2.05, 4.69) is 10.6 Å². The van der Waals surface area contributed by atoms with Crippen LogP contribution < -0.4 is 10.6 Å². The zero-order valence-electron chi connectivity index (χ0n) is 10.7. The highest BCUT2D eigenvalue weighted by Crippen LogP contribution is 2.09. The number of nitrogens with one attached hydrogen (secondary N) is 2. The van der Waals surface area contributed by atoms with Gasteiger partial charge < -0.3 is 15.7 Å². The molecule has 1 aromatic rings. The molecule has 0 aliphatic carbocycles. The maximum Gasteiger partial charge on any atom is 0.315 e. The average molecular weight is 272 g/mol. The molecule has 0 radical (unpaired) electrons. The van der Waals surface area contributed by atoms with Crippen LogP contribution in [0.25, 0.3) is 0 Å². The van der Waals surface area contributed by atoms with Gasteiger partial charge >= 0.3 is 6.03 Å². The van der Waals surface area contributed by atoms with Crippen molar-refractivity contribution in [2.45, 2.75) is 25.8 Å². The lowest BCUT2D eigenvalue weighted by molar-refractivity contribution is 0.214. The molecule has 1 atom stereocenters. The third kappa shape index (κ3) is 5.21. The van der Waals surface area contributed by atoms with Gasteiger partial charge in [-0.25, -0.2) is 13.6 Å². The Hall–Kier alpha value is -1.69. The van der Waals surface area contributed by atoms with E-state index in [0.29, 0.717) is 12.0 Å². The molecule has 3 N–H and O–H groups in total. The van der Waals surface area contributed by atoms with E-state index in [1.165, 1.54) is 12.1 Å². The van der Waals surface area contributed by atoms with E-state index < -0.39 is 17.7 Å². The first-order chi connectivity index (χ1) is 9.06. The minimum Gasteiger partial charge on any atom is -0.394 e. The summed E-state index contributed by atoms with van der Waals surface area (Å²) in [4.78, 5) is 11.4. The molecule has 0 heterocycles. The lowest BCUT2D eigenvalue weighted by atomic mass is 10.1. The Balaban J connectivity index is 2.35. The number of amides is 2. The highest BCUT2D eigenvalue weighted by molar-refractivity contribution is 5.74. The predicted molar refractivity (Wildman–Crippen MR) is 67.8 cm³/mol. The molecule has 1 aromatic carbocycles. The van der Waals surface area contributed by atoms with E-state index in [0.717, 1.165) is 6.07 Å². The maximum absolute atomic E-state index is 13.3. The first-order valence-corrected chi connectivity index (χ1v) is 6.16. The fraction of sp³-hybridized carbons (Fsp3) is 0.462. The Bertz CT molecular complexity index is 423. The van der Waals surface area contributed by atoms with Gasteiger partial charge in [0.05, 0.1) is 12.6 Å². The van der Waals surface area contributed by atoms with Gasteiger partial charge in [-0.05, 0) is 24.5 Å². The monoisotopic (exact) mass is 272 g/mol. The molecule has 0 fully saturated rings. The summed E-state index contributed by atoms with van der Waals surface area (Å²) < 4.78 is 26.0. The molecule has 4 nitrogen and oxygen atoms in total. The number of rotatable bonds is 6. The smallest absolute Gasteiger partial charge is 0.315 e. The standard InChI is InChI=1S/C13H18F2N2O2/c1-2-11(8-18)17-13(19)16-6-5-9-3-4-10(14)7-12(9)15/h3-4,7,11,18H,2,5-6,8H2,1H3,(H2,16,17,19). The SMILES string of the molecule is CCC(CO)NC(=O)NCCc1ccc(F)cc1F. The minimum absolute atomic E-state index is 0.128. The third-order valence-corrected chi connectivity index (χ3v) is 2.74. The van der Waals surface area contributed by atoms with Crippen LogP contribution in [0.15, 0.2) is 18.2 Å². The summed E-state index contributed by atoms with van der Waals surface area (Å²) in [6, 6.07) is 2.64. The summed E-state index contributed by atoms with van der Waals surface area (Å²) >= 11 is 0. The van der Waals surface area contributed by atoms with Crippen molar-refractivity contribution in [3.63, 3.8) is 0 Å². The molecule has 0 bridgehead atoms. The summed E-state index contributed by atoms with van der Waals surface area (Å²) in [5.74, 6) is -1.25. The Morgan fingerprint density at radius 3 is 2.74 bits per heavy atom. The van der Waals surface area contributed by atoms with Crippen molar-refractivity contribution in [1.29, 1.82) is 0 Å². The van der Waals surface area contributed by atoms with Gasteiger partial charge in [-0.15, -0.1) is 0 Å². The lowest BCUT2D eigenvalue weighted by Gasteiger charge is -2.14. The van der Waals surface area contributed by atoms with Gasteiger partial charge in [0.25, 0.3) is 0 Å². The minimum atomic E-state index is -0.624. The number of carbonyl (C=O) groups is 1. The quantitative estimate of drug-likeness (QED) is 0.736. The number of urea groups is 1. The van der Waals surface area contributed by atoms with Crippen molar-refractivity contribution in [3.05, 3.63) is 35.4 Å². The van der Waals surface area contributed by atoms with Crippen LogP contribution in [-0.4, -0.2) is 30.3 Å². The van der Waals surface area contributed by atoms with Gasteiger partial charge in [0, 0.05) is 12.6 Å². The van der Waals surface area contributed by atoms with Crippen molar-refractivity contribution in [1.82, 2.24) is 10.6 Å². The highest BCUT2D eigenvalue weighted by atomic mass is 19.1. The average Bonchev–Trinajstić information content (AvgIpc) is 2.38. The number of aliphatic hydroxyl groups excluding tert-OH is 1. The number of hydrogen-bond donors (Lipinski definition) is 3. The van der Waals surface area contributed by atoms with Crippen molar-refractivity contribution < 1.29 is 18.7 Å². The molecule has 0 saturated carbocycles. The van der Waals surface area contributed by atoms with Crippen molar-refractivity contribution in [3.8, 4) is 0 Å². The Labute approximate surface area is 110 Å². The summed E-state index contributed by atoms with van der Waals surface area (Å²) in [6.45, 7) is 1.95. The Morgan fingerprint density at radius 1 is 1.42 bits per heavy atom. The molecule has 106 valence electrons. The molecule has 0 saturated heterocycles. The van der Waals surface area contributed by atoms with Crippen LogP contribution in [0.1, 0.15) is 18.9 Å². The molecule has 2 amide bonds. The molecule has 0 aliphatic heterocycles. The van der Waals surface area contributed by atoms with Crippen LogP contribution in [0, 0.1) is 11.6 Å². The van der Waals surface area contributed by atoms with E-state index >= 15 is 0 Å². The zero-order chi connectivity index (χ0) is 14.3. The van der Waals surface area contributed by atoms with Crippen LogP contribution in [0.3, 0.4) is 0 Å². The van der Waals surface area contributed by atoms with Crippen LogP contribution >= 0.6 is 0 Å². The zero-order valence-corrected chi connectivity index (χ0v) is 10.7. The van der Waals surface area contributed by atoms with Gasteiger partial charge in [-0.2, -0.15) is 0 Å². The topological polar surface area (TPSA) is 61.4 Å². The number of carbonyl (C=O) groups excluding carboxylic acids is 1. The Morgan fingerprint density at radius 2 is 2.16 bits per heavy atom. The second-order valence-corrected chi connectivity index (χ2v) is 4.17. The third-order valence-electron chi connectivity index (χ3n) is 2.74. The van der Waals surface area contributed by atoms with Crippen molar-refractivity contribution in [2.75, 3.05) is 13.2 Å². The number of halogens is 2. The highest BCUT2D eigenvalue weighted by Gasteiger charge is 2.09. The van der Waals surface area contributed by atoms with Crippen LogP contribution in [0.4, 0.5) is 13.6 Å². The molecular weight excluding hydrogens is 254 g/mol. The number of hydrogen-bond acceptors (Lipinski definition) is 2. The molecule has 0 aromatic heterocycles. The fourth-order valence-electron chi connectivity index (χ4n) is 1.55. The van der Waals surface area contributed by atoms with Gasteiger partial charge in [0.1, 0.15) is 11.6 Å².